The molecule has 0 saturated heterocycles. The van der Waals surface area contributed by atoms with Crippen molar-refractivity contribution < 1.29 is 32.2 Å². The van der Waals surface area contributed by atoms with E-state index in [0.717, 1.165) is 28.3 Å². The van der Waals surface area contributed by atoms with Crippen molar-refractivity contribution in [2.75, 3.05) is 14.2 Å². The fraction of sp³-hybridized carbons (Fsp3) is 0.161. The summed E-state index contributed by atoms with van der Waals surface area (Å²) in [4.78, 5) is 26.9. The van der Waals surface area contributed by atoms with Crippen LogP contribution in [0.1, 0.15) is 38.7 Å². The van der Waals surface area contributed by atoms with Crippen LogP contribution in [0.15, 0.2) is 91.0 Å². The molecule has 1 amide bonds. The highest BCUT2D eigenvalue weighted by atomic mass is 19.4. The molecule has 8 heteroatoms. The van der Waals surface area contributed by atoms with Gasteiger partial charge >= 0.3 is 18.2 Å². The van der Waals surface area contributed by atoms with Gasteiger partial charge in [0.05, 0.1) is 37.9 Å². The van der Waals surface area contributed by atoms with Crippen LogP contribution in [0, 0.1) is 0 Å². The number of halogens is 3. The van der Waals surface area contributed by atoms with Gasteiger partial charge in [0.25, 0.3) is 0 Å². The van der Waals surface area contributed by atoms with E-state index in [-0.39, 0.29) is 28.8 Å². The fourth-order valence-corrected chi connectivity index (χ4v) is 5.26. The zero-order valence-corrected chi connectivity index (χ0v) is 21.2. The topological polar surface area (TPSA) is 55.8 Å². The Morgan fingerprint density at radius 1 is 0.795 bits per heavy atom. The van der Waals surface area contributed by atoms with E-state index in [9.17, 15) is 22.8 Å². The Kier molecular flexibility index (Phi) is 6.87. The van der Waals surface area contributed by atoms with Gasteiger partial charge in [0.15, 0.2) is 0 Å². The van der Waals surface area contributed by atoms with Crippen LogP contribution in [0.2, 0.25) is 0 Å². The molecule has 0 radical (unpaired) electrons. The molecule has 0 aromatic heterocycles. The predicted octanol–water partition coefficient (Wildman–Crippen LogP) is 7.50. The first-order valence-corrected chi connectivity index (χ1v) is 12.1. The molecule has 4 aromatic carbocycles. The summed E-state index contributed by atoms with van der Waals surface area (Å²) in [6, 6.07) is 24.4. The maximum Gasteiger partial charge on any atom is 0.417 e. The highest BCUT2D eigenvalue weighted by Crippen LogP contribution is 2.47. The van der Waals surface area contributed by atoms with Crippen LogP contribution in [0.3, 0.4) is 0 Å². The minimum absolute atomic E-state index is 0.112. The second kappa shape index (κ2) is 10.3. The maximum absolute atomic E-state index is 14.3. The Balaban J connectivity index is 1.69. The van der Waals surface area contributed by atoms with Crippen LogP contribution >= 0.6 is 0 Å². The zero-order chi connectivity index (χ0) is 27.7. The molecule has 0 N–H and O–H groups in total. The van der Waals surface area contributed by atoms with Gasteiger partial charge in [-0.1, -0.05) is 72.8 Å². The Morgan fingerprint density at radius 3 is 2.00 bits per heavy atom. The third-order valence-corrected chi connectivity index (χ3v) is 6.89. The Bertz CT molecular complexity index is 1520. The van der Waals surface area contributed by atoms with Crippen molar-refractivity contribution in [2.24, 2.45) is 0 Å². The average Bonchev–Trinajstić information content (AvgIpc) is 3.28. The minimum Gasteiger partial charge on any atom is -0.465 e. The Labute approximate surface area is 223 Å². The molecule has 5 rings (SSSR count). The van der Waals surface area contributed by atoms with Gasteiger partial charge in [-0.25, -0.2) is 9.59 Å². The standard InChI is InChI=1S/C31H24F3NO4/c1-38-29(36)20-10-7-9-19(17-20)27-21(11-8-16-26(27)31(32,33)34)18-35(30(37)39-2)28-24-14-5-3-12-22(24)23-13-4-6-15-25(23)28/h3-17,28H,18H2,1-2H3. The first kappa shape index (κ1) is 26.0. The normalized spacial score (nSPS) is 12.4. The number of carbonyl (C=O) groups excluding carboxylic acids is 2. The van der Waals surface area contributed by atoms with E-state index < -0.39 is 29.8 Å². The molecule has 0 bridgehead atoms. The van der Waals surface area contributed by atoms with Gasteiger partial charge in [-0.3, -0.25) is 4.90 Å². The van der Waals surface area contributed by atoms with Crippen molar-refractivity contribution in [1.29, 1.82) is 0 Å². The van der Waals surface area contributed by atoms with Crippen molar-refractivity contribution in [3.63, 3.8) is 0 Å². The molecule has 0 atom stereocenters. The summed E-state index contributed by atoms with van der Waals surface area (Å²) in [5, 5.41) is 0. The third kappa shape index (κ3) is 4.74. The van der Waals surface area contributed by atoms with Gasteiger partial charge in [-0.2, -0.15) is 13.2 Å². The molecule has 5 nitrogen and oxygen atoms in total. The molecule has 4 aromatic rings. The molecule has 0 unspecified atom stereocenters. The predicted molar refractivity (Wildman–Crippen MR) is 140 cm³/mol. The van der Waals surface area contributed by atoms with E-state index in [1.165, 1.54) is 49.5 Å². The van der Waals surface area contributed by atoms with Crippen LogP contribution in [-0.4, -0.2) is 31.2 Å². The summed E-state index contributed by atoms with van der Waals surface area (Å²) in [5.41, 5.74) is 3.14. The van der Waals surface area contributed by atoms with Gasteiger partial charge in [0, 0.05) is 0 Å². The second-order valence-electron chi connectivity index (χ2n) is 9.08. The van der Waals surface area contributed by atoms with E-state index in [1.54, 1.807) is 6.07 Å². The summed E-state index contributed by atoms with van der Waals surface area (Å²) in [6.07, 6.45) is -5.37. The highest BCUT2D eigenvalue weighted by Gasteiger charge is 2.38. The summed E-state index contributed by atoms with van der Waals surface area (Å²) in [7, 11) is 2.45. The van der Waals surface area contributed by atoms with Gasteiger partial charge in [-0.05, 0) is 57.1 Å². The first-order valence-electron chi connectivity index (χ1n) is 12.1. The van der Waals surface area contributed by atoms with Crippen molar-refractivity contribution in [2.45, 2.75) is 18.8 Å². The van der Waals surface area contributed by atoms with Gasteiger partial charge in [0.1, 0.15) is 0 Å². The number of hydrogen-bond acceptors (Lipinski definition) is 4. The molecule has 0 heterocycles. The number of amides is 1. The van der Waals surface area contributed by atoms with Crippen LogP contribution in [-0.2, 0) is 22.2 Å². The molecular formula is C31H24F3NO4. The van der Waals surface area contributed by atoms with Gasteiger partial charge < -0.3 is 9.47 Å². The molecule has 0 spiro atoms. The number of hydrogen-bond donors (Lipinski definition) is 0. The monoisotopic (exact) mass is 531 g/mol. The van der Waals surface area contributed by atoms with Crippen molar-refractivity contribution in [1.82, 2.24) is 4.90 Å². The smallest absolute Gasteiger partial charge is 0.417 e. The van der Waals surface area contributed by atoms with Crippen LogP contribution in [0.25, 0.3) is 22.3 Å². The average molecular weight is 532 g/mol. The summed E-state index contributed by atoms with van der Waals surface area (Å²) in [6.45, 7) is -0.179. The summed E-state index contributed by atoms with van der Waals surface area (Å²) < 4.78 is 52.8. The number of alkyl halides is 3. The van der Waals surface area contributed by atoms with E-state index in [2.05, 4.69) is 0 Å². The number of carbonyl (C=O) groups is 2. The van der Waals surface area contributed by atoms with Crippen molar-refractivity contribution in [3.8, 4) is 22.3 Å². The molecule has 0 saturated carbocycles. The van der Waals surface area contributed by atoms with Gasteiger partial charge in [-0.15, -0.1) is 0 Å². The minimum atomic E-state index is -4.69. The number of methoxy groups -OCH3 is 2. The van der Waals surface area contributed by atoms with E-state index in [0.29, 0.717) is 0 Å². The second-order valence-corrected chi connectivity index (χ2v) is 9.08. The molecule has 198 valence electrons. The summed E-state index contributed by atoms with van der Waals surface area (Å²) >= 11 is 0. The lowest BCUT2D eigenvalue weighted by Crippen LogP contribution is -2.34. The Hall–Kier alpha value is -4.59. The molecule has 39 heavy (non-hydrogen) atoms. The quantitative estimate of drug-likeness (QED) is 0.250. The van der Waals surface area contributed by atoms with Crippen LogP contribution in [0.5, 0.6) is 0 Å². The number of fused-ring (bicyclic) bond motifs is 3. The third-order valence-electron chi connectivity index (χ3n) is 6.89. The van der Waals surface area contributed by atoms with Crippen molar-refractivity contribution >= 4 is 12.1 Å². The molecular weight excluding hydrogens is 507 g/mol. The molecule has 1 aliphatic rings. The maximum atomic E-state index is 14.3. The molecule has 0 fully saturated rings. The number of ether oxygens (including phenoxy) is 2. The SMILES string of the molecule is COC(=O)c1cccc(-c2c(CN(C(=O)OC)C3c4ccccc4-c4ccccc43)cccc2C(F)(F)F)c1. The number of rotatable bonds is 5. The fourth-order valence-electron chi connectivity index (χ4n) is 5.26. The van der Waals surface area contributed by atoms with Crippen molar-refractivity contribution in [3.05, 3.63) is 119 Å². The van der Waals surface area contributed by atoms with E-state index >= 15 is 0 Å². The lowest BCUT2D eigenvalue weighted by Gasteiger charge is -2.30. The lowest BCUT2D eigenvalue weighted by atomic mass is 9.92. The number of nitrogens with zero attached hydrogens (tertiary/aromatic N) is 1. The van der Waals surface area contributed by atoms with E-state index in [4.69, 9.17) is 9.47 Å². The highest BCUT2D eigenvalue weighted by molar-refractivity contribution is 5.91. The number of benzene rings is 4. The lowest BCUT2D eigenvalue weighted by molar-refractivity contribution is -0.137. The number of esters is 1. The zero-order valence-electron chi connectivity index (χ0n) is 21.2. The molecule has 0 aliphatic heterocycles. The Morgan fingerprint density at radius 2 is 1.41 bits per heavy atom. The van der Waals surface area contributed by atoms with Gasteiger partial charge in [0.2, 0.25) is 0 Å². The first-order chi connectivity index (χ1) is 18.7. The van der Waals surface area contributed by atoms with Crippen LogP contribution in [0.4, 0.5) is 18.0 Å². The largest absolute Gasteiger partial charge is 0.465 e. The van der Waals surface area contributed by atoms with E-state index in [1.807, 2.05) is 48.5 Å². The summed E-state index contributed by atoms with van der Waals surface area (Å²) in [5.74, 6) is -0.668. The molecule has 1 aliphatic carbocycles. The van der Waals surface area contributed by atoms with Crippen LogP contribution < -0.4 is 0 Å².